The molecule has 0 radical (unpaired) electrons. The lowest BCUT2D eigenvalue weighted by Gasteiger charge is -2.01. The normalized spacial score (nSPS) is 11.3. The largest absolute Gasteiger partial charge is 0.283 e. The molecule has 0 aliphatic heterocycles. The molecule has 0 saturated heterocycles. The van der Waals surface area contributed by atoms with Crippen molar-refractivity contribution < 1.29 is 0 Å². The standard InChI is InChI=1S/C18H12N4OS/c23-18-16-15(14-6-2-1-3-7-14)11-24-17(16)20-12-22(18)21-10-13-5-4-8-19-9-13/h1-12H/b21-10+. The zero-order valence-electron chi connectivity index (χ0n) is 12.5. The van der Waals surface area contributed by atoms with E-state index in [9.17, 15) is 4.79 Å². The minimum absolute atomic E-state index is 0.180. The molecule has 24 heavy (non-hydrogen) atoms. The second-order valence-corrected chi connectivity index (χ2v) is 5.98. The van der Waals surface area contributed by atoms with E-state index in [0.29, 0.717) is 10.2 Å². The summed E-state index contributed by atoms with van der Waals surface area (Å²) < 4.78 is 1.26. The third-order valence-electron chi connectivity index (χ3n) is 3.58. The minimum Gasteiger partial charge on any atom is -0.267 e. The molecule has 0 fully saturated rings. The van der Waals surface area contributed by atoms with Crippen LogP contribution in [-0.4, -0.2) is 20.9 Å². The molecule has 0 bridgehead atoms. The van der Waals surface area contributed by atoms with Crippen LogP contribution in [0.2, 0.25) is 0 Å². The van der Waals surface area contributed by atoms with E-state index in [1.54, 1.807) is 18.6 Å². The van der Waals surface area contributed by atoms with Gasteiger partial charge in [0.25, 0.3) is 5.56 Å². The molecule has 0 spiro atoms. The van der Waals surface area contributed by atoms with E-state index >= 15 is 0 Å². The van der Waals surface area contributed by atoms with Crippen LogP contribution in [0.1, 0.15) is 5.56 Å². The number of hydrogen-bond donors (Lipinski definition) is 0. The van der Waals surface area contributed by atoms with Gasteiger partial charge in [-0.25, -0.2) is 4.98 Å². The molecular weight excluding hydrogens is 320 g/mol. The Bertz CT molecular complexity index is 1070. The van der Waals surface area contributed by atoms with Crippen molar-refractivity contribution in [1.29, 1.82) is 0 Å². The lowest BCUT2D eigenvalue weighted by Crippen LogP contribution is -2.16. The molecule has 5 nitrogen and oxygen atoms in total. The summed E-state index contributed by atoms with van der Waals surface area (Å²) >= 11 is 1.46. The Kier molecular flexibility index (Phi) is 3.72. The topological polar surface area (TPSA) is 60.1 Å². The quantitative estimate of drug-likeness (QED) is 0.540. The van der Waals surface area contributed by atoms with Gasteiger partial charge in [0.05, 0.1) is 11.6 Å². The van der Waals surface area contributed by atoms with Gasteiger partial charge in [0.1, 0.15) is 11.2 Å². The summed E-state index contributed by atoms with van der Waals surface area (Å²) in [6.07, 6.45) is 6.41. The third-order valence-corrected chi connectivity index (χ3v) is 4.46. The smallest absolute Gasteiger partial charge is 0.267 e. The van der Waals surface area contributed by atoms with Gasteiger partial charge in [0.15, 0.2) is 0 Å². The number of thiophene rings is 1. The number of hydrogen-bond acceptors (Lipinski definition) is 5. The fourth-order valence-corrected chi connectivity index (χ4v) is 3.32. The van der Waals surface area contributed by atoms with Crippen LogP contribution in [0, 0.1) is 0 Å². The zero-order chi connectivity index (χ0) is 16.4. The minimum atomic E-state index is -0.180. The Labute approximate surface area is 141 Å². The fourth-order valence-electron chi connectivity index (χ4n) is 2.42. The number of nitrogens with zero attached hydrogens (tertiary/aromatic N) is 4. The van der Waals surface area contributed by atoms with Crippen LogP contribution in [0.15, 0.2) is 76.5 Å². The Balaban J connectivity index is 1.83. The lowest BCUT2D eigenvalue weighted by molar-refractivity contribution is 0.819. The number of rotatable bonds is 3. The summed E-state index contributed by atoms with van der Waals surface area (Å²) in [6.45, 7) is 0. The molecule has 0 aliphatic rings. The van der Waals surface area contributed by atoms with Crippen LogP contribution >= 0.6 is 11.3 Å². The summed E-state index contributed by atoms with van der Waals surface area (Å²) in [5.41, 5.74) is 2.52. The van der Waals surface area contributed by atoms with Crippen LogP contribution in [0.4, 0.5) is 0 Å². The predicted molar refractivity (Wildman–Crippen MR) is 96.5 cm³/mol. The number of pyridine rings is 1. The number of fused-ring (bicyclic) bond motifs is 1. The molecule has 3 aromatic heterocycles. The van der Waals surface area contributed by atoms with Gasteiger partial charge in [-0.1, -0.05) is 36.4 Å². The average Bonchev–Trinajstić information content (AvgIpc) is 3.08. The van der Waals surface area contributed by atoms with Gasteiger partial charge in [0.2, 0.25) is 0 Å². The van der Waals surface area contributed by atoms with E-state index in [-0.39, 0.29) is 5.56 Å². The molecular formula is C18H12N4OS. The summed E-state index contributed by atoms with van der Waals surface area (Å²) in [6, 6.07) is 13.5. The van der Waals surface area contributed by atoms with Crippen LogP contribution < -0.4 is 5.56 Å². The molecule has 4 rings (SSSR count). The van der Waals surface area contributed by atoms with E-state index in [1.807, 2.05) is 47.8 Å². The summed E-state index contributed by atoms with van der Waals surface area (Å²) in [5, 5.41) is 6.78. The van der Waals surface area contributed by atoms with Crippen molar-refractivity contribution >= 4 is 27.8 Å². The summed E-state index contributed by atoms with van der Waals surface area (Å²) in [5.74, 6) is 0. The van der Waals surface area contributed by atoms with Crippen molar-refractivity contribution in [2.24, 2.45) is 5.10 Å². The Morgan fingerprint density at radius 3 is 2.79 bits per heavy atom. The van der Waals surface area contributed by atoms with E-state index in [4.69, 9.17) is 0 Å². The number of benzene rings is 1. The van der Waals surface area contributed by atoms with Crippen LogP contribution in [0.5, 0.6) is 0 Å². The third kappa shape index (κ3) is 2.63. The molecule has 0 amide bonds. The Morgan fingerprint density at radius 1 is 1.12 bits per heavy atom. The highest BCUT2D eigenvalue weighted by Crippen LogP contribution is 2.30. The Morgan fingerprint density at radius 2 is 2.00 bits per heavy atom. The molecule has 116 valence electrons. The van der Waals surface area contributed by atoms with Crippen molar-refractivity contribution in [2.45, 2.75) is 0 Å². The van der Waals surface area contributed by atoms with E-state index < -0.39 is 0 Å². The highest BCUT2D eigenvalue weighted by molar-refractivity contribution is 7.17. The molecule has 0 aliphatic carbocycles. The first-order chi connectivity index (χ1) is 11.8. The van der Waals surface area contributed by atoms with Crippen LogP contribution in [0.25, 0.3) is 21.3 Å². The Hall–Kier alpha value is -3.12. The maximum absolute atomic E-state index is 12.8. The molecule has 0 atom stereocenters. The van der Waals surface area contributed by atoms with Gasteiger partial charge in [-0.05, 0) is 11.6 Å². The first-order valence-electron chi connectivity index (χ1n) is 7.31. The summed E-state index contributed by atoms with van der Waals surface area (Å²) in [4.78, 5) is 21.9. The van der Waals surface area contributed by atoms with E-state index in [1.165, 1.54) is 22.3 Å². The average molecular weight is 332 g/mol. The molecule has 3 heterocycles. The van der Waals surface area contributed by atoms with Crippen molar-refractivity contribution in [1.82, 2.24) is 14.6 Å². The van der Waals surface area contributed by atoms with E-state index in [2.05, 4.69) is 15.1 Å². The lowest BCUT2D eigenvalue weighted by atomic mass is 10.1. The molecule has 0 unspecified atom stereocenters. The molecule has 0 N–H and O–H groups in total. The van der Waals surface area contributed by atoms with Crippen molar-refractivity contribution in [3.05, 3.63) is 82.5 Å². The van der Waals surface area contributed by atoms with Gasteiger partial charge in [-0.15, -0.1) is 11.3 Å². The summed E-state index contributed by atoms with van der Waals surface area (Å²) in [7, 11) is 0. The van der Waals surface area contributed by atoms with Crippen molar-refractivity contribution in [3.8, 4) is 11.1 Å². The second kappa shape index (κ2) is 6.17. The SMILES string of the molecule is O=c1c2c(-c3ccccc3)csc2ncn1/N=C/c1cccnc1. The number of aromatic nitrogens is 3. The first kappa shape index (κ1) is 14.5. The van der Waals surface area contributed by atoms with Crippen molar-refractivity contribution in [2.75, 3.05) is 0 Å². The van der Waals surface area contributed by atoms with Gasteiger partial charge in [0, 0.05) is 28.9 Å². The highest BCUT2D eigenvalue weighted by atomic mass is 32.1. The van der Waals surface area contributed by atoms with Gasteiger partial charge < -0.3 is 0 Å². The first-order valence-corrected chi connectivity index (χ1v) is 8.19. The molecule has 1 aromatic carbocycles. The van der Waals surface area contributed by atoms with Crippen molar-refractivity contribution in [3.63, 3.8) is 0 Å². The highest BCUT2D eigenvalue weighted by Gasteiger charge is 2.12. The van der Waals surface area contributed by atoms with E-state index in [0.717, 1.165) is 16.7 Å². The molecule has 0 saturated carbocycles. The zero-order valence-corrected chi connectivity index (χ0v) is 13.4. The van der Waals surface area contributed by atoms with Crippen LogP contribution in [0.3, 0.4) is 0 Å². The monoisotopic (exact) mass is 332 g/mol. The maximum Gasteiger partial charge on any atom is 0.283 e. The fraction of sp³-hybridized carbons (Fsp3) is 0. The van der Waals surface area contributed by atoms with Crippen LogP contribution in [-0.2, 0) is 0 Å². The van der Waals surface area contributed by atoms with Gasteiger partial charge in [-0.2, -0.15) is 9.78 Å². The molecule has 6 heteroatoms. The predicted octanol–water partition coefficient (Wildman–Crippen LogP) is 3.40. The molecule has 4 aromatic rings. The second-order valence-electron chi connectivity index (χ2n) is 5.12. The maximum atomic E-state index is 12.8. The van der Waals surface area contributed by atoms with Gasteiger partial charge >= 0.3 is 0 Å². The van der Waals surface area contributed by atoms with Gasteiger partial charge in [-0.3, -0.25) is 9.78 Å².